The number of methoxy groups -OCH3 is 1. The molecular formula is C21H22N4O3S2. The fraction of sp³-hybridized carbons (Fsp3) is 0.238. The number of carbonyl (C=O) groups excluding carboxylic acids is 2. The summed E-state index contributed by atoms with van der Waals surface area (Å²) in [5, 5.41) is 14.0. The van der Waals surface area contributed by atoms with E-state index in [1.54, 1.807) is 7.11 Å². The van der Waals surface area contributed by atoms with Crippen molar-refractivity contribution < 1.29 is 14.3 Å². The average Bonchev–Trinajstić information content (AvgIpc) is 3.13. The Balaban J connectivity index is 1.47. The number of carbonyl (C=O) groups is 2. The molecule has 2 amide bonds. The van der Waals surface area contributed by atoms with Crippen LogP contribution in [0.1, 0.15) is 16.7 Å². The summed E-state index contributed by atoms with van der Waals surface area (Å²) < 4.78 is 5.72. The summed E-state index contributed by atoms with van der Waals surface area (Å²) in [6.07, 6.45) is 0.227. The largest absolute Gasteiger partial charge is 0.497 e. The van der Waals surface area contributed by atoms with Gasteiger partial charge in [-0.2, -0.15) is 0 Å². The molecule has 0 aliphatic rings. The first-order valence-corrected chi connectivity index (χ1v) is 11.0. The van der Waals surface area contributed by atoms with Crippen LogP contribution in [0.5, 0.6) is 5.75 Å². The smallest absolute Gasteiger partial charge is 0.234 e. The number of nitrogens with zero attached hydrogens (tertiary/aromatic N) is 2. The van der Waals surface area contributed by atoms with E-state index in [9.17, 15) is 9.59 Å². The van der Waals surface area contributed by atoms with Crippen molar-refractivity contribution in [2.24, 2.45) is 0 Å². The summed E-state index contributed by atoms with van der Waals surface area (Å²) in [4.78, 5) is 24.4. The number of benzene rings is 2. The van der Waals surface area contributed by atoms with Crippen LogP contribution < -0.4 is 15.4 Å². The summed E-state index contributed by atoms with van der Waals surface area (Å²) in [5.74, 6) is 0.652. The SMILES string of the molecule is COc1ccc(CC(=O)Nc2nnc(SCC(=O)Nc3cc(C)cc(C)c3)s2)cc1. The van der Waals surface area contributed by atoms with Gasteiger partial charge in [-0.25, -0.2) is 0 Å². The van der Waals surface area contributed by atoms with E-state index in [2.05, 4.69) is 26.9 Å². The van der Waals surface area contributed by atoms with Crippen LogP contribution in [0.3, 0.4) is 0 Å². The van der Waals surface area contributed by atoms with E-state index in [4.69, 9.17) is 4.74 Å². The summed E-state index contributed by atoms with van der Waals surface area (Å²) in [5.41, 5.74) is 3.84. The van der Waals surface area contributed by atoms with Crippen molar-refractivity contribution in [2.75, 3.05) is 23.5 Å². The van der Waals surface area contributed by atoms with Gasteiger partial charge in [0, 0.05) is 5.69 Å². The van der Waals surface area contributed by atoms with E-state index < -0.39 is 0 Å². The molecule has 2 N–H and O–H groups in total. The molecule has 0 saturated heterocycles. The fourth-order valence-electron chi connectivity index (χ4n) is 2.78. The van der Waals surface area contributed by atoms with Crippen LogP contribution in [0.4, 0.5) is 10.8 Å². The lowest BCUT2D eigenvalue weighted by Gasteiger charge is -2.06. The standard InChI is InChI=1S/C21H22N4O3S2/c1-13-8-14(2)10-16(9-13)22-19(27)12-29-21-25-24-20(30-21)23-18(26)11-15-4-6-17(28-3)7-5-15/h4-10H,11-12H2,1-3H3,(H,22,27)(H,23,24,26). The zero-order valence-electron chi connectivity index (χ0n) is 16.9. The maximum Gasteiger partial charge on any atom is 0.234 e. The second kappa shape index (κ2) is 10.2. The Kier molecular flexibility index (Phi) is 7.42. The van der Waals surface area contributed by atoms with Crippen molar-refractivity contribution in [3.05, 3.63) is 59.2 Å². The maximum absolute atomic E-state index is 12.2. The summed E-state index contributed by atoms with van der Waals surface area (Å²) in [6.45, 7) is 3.98. The number of anilines is 2. The van der Waals surface area contributed by atoms with E-state index in [0.29, 0.717) is 9.47 Å². The second-order valence-corrected chi connectivity index (χ2v) is 8.86. The van der Waals surface area contributed by atoms with E-state index in [-0.39, 0.29) is 24.0 Å². The molecule has 0 aliphatic carbocycles. The maximum atomic E-state index is 12.2. The summed E-state index contributed by atoms with van der Waals surface area (Å²) >= 11 is 2.52. The van der Waals surface area contributed by atoms with Crippen LogP contribution in [0, 0.1) is 13.8 Å². The Morgan fingerprint density at radius 2 is 1.70 bits per heavy atom. The van der Waals surface area contributed by atoms with Crippen LogP contribution in [0.25, 0.3) is 0 Å². The topological polar surface area (TPSA) is 93.2 Å². The van der Waals surface area contributed by atoms with Gasteiger partial charge in [-0.3, -0.25) is 9.59 Å². The average molecular weight is 443 g/mol. The van der Waals surface area contributed by atoms with Gasteiger partial charge < -0.3 is 15.4 Å². The van der Waals surface area contributed by atoms with Crippen LogP contribution in [0.15, 0.2) is 46.8 Å². The number of nitrogens with one attached hydrogen (secondary N) is 2. The number of ether oxygens (including phenoxy) is 1. The summed E-state index contributed by atoms with van der Waals surface area (Å²) in [6, 6.07) is 13.2. The van der Waals surface area contributed by atoms with E-state index >= 15 is 0 Å². The highest BCUT2D eigenvalue weighted by Crippen LogP contribution is 2.26. The number of thioether (sulfide) groups is 1. The Morgan fingerprint density at radius 1 is 1.00 bits per heavy atom. The van der Waals surface area contributed by atoms with Crippen LogP contribution in [-0.4, -0.2) is 34.9 Å². The van der Waals surface area contributed by atoms with Gasteiger partial charge in [-0.15, -0.1) is 10.2 Å². The molecule has 9 heteroatoms. The van der Waals surface area contributed by atoms with E-state index in [0.717, 1.165) is 28.1 Å². The van der Waals surface area contributed by atoms with Crippen molar-refractivity contribution in [1.82, 2.24) is 10.2 Å². The first kappa shape index (κ1) is 21.8. The first-order chi connectivity index (χ1) is 14.4. The predicted octanol–water partition coefficient (Wildman–Crippen LogP) is 4.08. The third-order valence-corrected chi connectivity index (χ3v) is 5.98. The Hall–Kier alpha value is -2.91. The lowest BCUT2D eigenvalue weighted by molar-refractivity contribution is -0.115. The van der Waals surface area contributed by atoms with Crippen molar-refractivity contribution in [2.45, 2.75) is 24.6 Å². The normalized spacial score (nSPS) is 10.5. The molecule has 0 atom stereocenters. The van der Waals surface area contributed by atoms with Crippen molar-refractivity contribution in [1.29, 1.82) is 0 Å². The van der Waals surface area contributed by atoms with Gasteiger partial charge >= 0.3 is 0 Å². The number of aryl methyl sites for hydroxylation is 2. The molecule has 0 bridgehead atoms. The minimum atomic E-state index is -0.180. The summed E-state index contributed by atoms with van der Waals surface area (Å²) in [7, 11) is 1.60. The number of amides is 2. The van der Waals surface area contributed by atoms with Gasteiger partial charge in [0.25, 0.3) is 0 Å². The monoisotopic (exact) mass is 442 g/mol. The molecule has 3 aromatic rings. The van der Waals surface area contributed by atoms with Gasteiger partial charge in [0.15, 0.2) is 4.34 Å². The predicted molar refractivity (Wildman–Crippen MR) is 121 cm³/mol. The highest BCUT2D eigenvalue weighted by molar-refractivity contribution is 8.01. The van der Waals surface area contributed by atoms with Gasteiger partial charge in [0.05, 0.1) is 19.3 Å². The molecule has 3 rings (SSSR count). The van der Waals surface area contributed by atoms with Crippen LogP contribution in [0.2, 0.25) is 0 Å². The molecule has 0 aliphatic heterocycles. The molecule has 0 unspecified atom stereocenters. The number of hydrogen-bond acceptors (Lipinski definition) is 7. The third-order valence-electron chi connectivity index (χ3n) is 4.01. The first-order valence-electron chi connectivity index (χ1n) is 9.18. The van der Waals surface area contributed by atoms with Gasteiger partial charge in [-0.1, -0.05) is 41.3 Å². The number of aromatic nitrogens is 2. The van der Waals surface area contributed by atoms with Crippen LogP contribution >= 0.6 is 23.1 Å². The van der Waals surface area contributed by atoms with E-state index in [1.807, 2.05) is 50.2 Å². The zero-order chi connectivity index (χ0) is 21.5. The van der Waals surface area contributed by atoms with Crippen molar-refractivity contribution >= 4 is 45.7 Å². The third kappa shape index (κ3) is 6.57. The lowest BCUT2D eigenvalue weighted by atomic mass is 10.1. The molecule has 156 valence electrons. The van der Waals surface area contributed by atoms with Crippen LogP contribution in [-0.2, 0) is 16.0 Å². The molecule has 1 aromatic heterocycles. The zero-order valence-corrected chi connectivity index (χ0v) is 18.5. The minimum absolute atomic E-state index is 0.120. The van der Waals surface area contributed by atoms with Crippen molar-refractivity contribution in [3.63, 3.8) is 0 Å². The Morgan fingerprint density at radius 3 is 2.37 bits per heavy atom. The molecule has 0 spiro atoms. The minimum Gasteiger partial charge on any atom is -0.497 e. The molecule has 7 nitrogen and oxygen atoms in total. The number of hydrogen-bond donors (Lipinski definition) is 2. The van der Waals surface area contributed by atoms with E-state index in [1.165, 1.54) is 23.1 Å². The second-order valence-electron chi connectivity index (χ2n) is 6.66. The lowest BCUT2D eigenvalue weighted by Crippen LogP contribution is -2.14. The molecule has 0 radical (unpaired) electrons. The highest BCUT2D eigenvalue weighted by Gasteiger charge is 2.11. The number of rotatable bonds is 8. The molecular weight excluding hydrogens is 420 g/mol. The van der Waals surface area contributed by atoms with Gasteiger partial charge in [0.2, 0.25) is 16.9 Å². The highest BCUT2D eigenvalue weighted by atomic mass is 32.2. The molecule has 0 fully saturated rings. The van der Waals surface area contributed by atoms with Gasteiger partial charge in [0.1, 0.15) is 5.75 Å². The quantitative estimate of drug-likeness (QED) is 0.403. The van der Waals surface area contributed by atoms with Gasteiger partial charge in [-0.05, 0) is 54.8 Å². The van der Waals surface area contributed by atoms with Crippen molar-refractivity contribution in [3.8, 4) is 5.75 Å². The fourth-order valence-corrected chi connectivity index (χ4v) is 4.35. The molecule has 30 heavy (non-hydrogen) atoms. The Bertz CT molecular complexity index is 1010. The molecule has 2 aromatic carbocycles. The Labute approximate surface area is 183 Å². The molecule has 1 heterocycles. The molecule has 0 saturated carbocycles.